The van der Waals surface area contributed by atoms with Crippen LogP contribution in [0, 0.1) is 0 Å². The molecular weight excluding hydrogens is 452 g/mol. The van der Waals surface area contributed by atoms with Crippen LogP contribution >= 0.6 is 0 Å². The Morgan fingerprint density at radius 2 is 1.71 bits per heavy atom. The van der Waals surface area contributed by atoms with Crippen LogP contribution < -0.4 is 9.50 Å². The highest BCUT2D eigenvalue weighted by molar-refractivity contribution is 7.86. The van der Waals surface area contributed by atoms with Gasteiger partial charge in [-0.3, -0.25) is 0 Å². The van der Waals surface area contributed by atoms with Gasteiger partial charge in [-0.2, -0.15) is 8.42 Å². The second-order valence-electron chi connectivity index (χ2n) is 9.50. The smallest absolute Gasteiger partial charge is 0.322 e. The number of hydrogen-bond donors (Lipinski definition) is 1. The number of carbonyl (C=O) groups is 1. The number of ether oxygens (including phenoxy) is 1. The van der Waals surface area contributed by atoms with Gasteiger partial charge in [-0.15, -0.1) is 0 Å². The highest BCUT2D eigenvalue weighted by Gasteiger charge is 2.25. The molecule has 0 radical (unpaired) electrons. The number of urea groups is 1. The standard InChI is InChI=1S/C26H36N2O5S/c1-18(2)23-9-6-10-24(19(3)4)25(23)27-26(29)28(17-22-8-7-15-32-22)16-20-11-13-21(14-12-20)33-34(5,30)31/h6,9-14,18-19,22H,7-8,15-17H2,1-5H3,(H,27,29). The fourth-order valence-corrected chi connectivity index (χ4v) is 4.64. The Hall–Kier alpha value is -2.58. The summed E-state index contributed by atoms with van der Waals surface area (Å²) in [4.78, 5) is 15.3. The molecule has 0 aromatic heterocycles. The molecule has 1 N–H and O–H groups in total. The summed E-state index contributed by atoms with van der Waals surface area (Å²) in [5.74, 6) is 0.778. The summed E-state index contributed by atoms with van der Waals surface area (Å²) >= 11 is 0. The first-order valence-corrected chi connectivity index (χ1v) is 13.6. The summed E-state index contributed by atoms with van der Waals surface area (Å²) in [6.45, 7) is 10.1. The van der Waals surface area contributed by atoms with Crippen molar-refractivity contribution in [3.05, 3.63) is 59.2 Å². The predicted octanol–water partition coefficient (Wildman–Crippen LogP) is 5.48. The lowest BCUT2D eigenvalue weighted by Gasteiger charge is -2.28. The molecule has 2 amide bonds. The lowest BCUT2D eigenvalue weighted by Crippen LogP contribution is -2.40. The van der Waals surface area contributed by atoms with E-state index in [-0.39, 0.29) is 29.7 Å². The van der Waals surface area contributed by atoms with E-state index in [0.717, 1.165) is 41.5 Å². The second kappa shape index (κ2) is 11.2. The van der Waals surface area contributed by atoms with Gasteiger partial charge in [0.05, 0.1) is 12.4 Å². The van der Waals surface area contributed by atoms with Crippen LogP contribution in [0.5, 0.6) is 5.75 Å². The molecule has 1 saturated heterocycles. The molecule has 2 aromatic rings. The Kier molecular flexibility index (Phi) is 8.60. The van der Waals surface area contributed by atoms with E-state index in [4.69, 9.17) is 8.92 Å². The minimum absolute atomic E-state index is 0.00324. The van der Waals surface area contributed by atoms with Crippen LogP contribution in [0.2, 0.25) is 0 Å². The number of rotatable bonds is 9. The first-order valence-electron chi connectivity index (χ1n) is 11.8. The molecule has 3 rings (SSSR count). The quantitative estimate of drug-likeness (QED) is 0.472. The van der Waals surface area contributed by atoms with Gasteiger partial charge in [0.2, 0.25) is 0 Å². The number of nitrogens with zero attached hydrogens (tertiary/aromatic N) is 1. The van der Waals surface area contributed by atoms with Crippen molar-refractivity contribution in [2.45, 2.75) is 65.0 Å². The molecule has 0 saturated carbocycles. The van der Waals surface area contributed by atoms with E-state index in [2.05, 4.69) is 45.1 Å². The first-order chi connectivity index (χ1) is 16.0. The van der Waals surface area contributed by atoms with Crippen molar-refractivity contribution >= 4 is 21.8 Å². The minimum atomic E-state index is -3.59. The Balaban J connectivity index is 1.84. The molecule has 1 atom stereocenters. The third-order valence-electron chi connectivity index (χ3n) is 5.88. The monoisotopic (exact) mass is 488 g/mol. The number of amides is 2. The van der Waals surface area contributed by atoms with Crippen molar-refractivity contribution in [1.82, 2.24) is 4.90 Å². The first kappa shape index (κ1) is 26.0. The maximum Gasteiger partial charge on any atom is 0.322 e. The van der Waals surface area contributed by atoms with E-state index in [1.165, 1.54) is 0 Å². The number of nitrogens with one attached hydrogen (secondary N) is 1. The largest absolute Gasteiger partial charge is 0.383 e. The van der Waals surface area contributed by atoms with E-state index < -0.39 is 10.1 Å². The molecule has 1 fully saturated rings. The third-order valence-corrected chi connectivity index (χ3v) is 6.38. The Morgan fingerprint density at radius 1 is 1.09 bits per heavy atom. The molecule has 8 heteroatoms. The molecule has 0 bridgehead atoms. The second-order valence-corrected chi connectivity index (χ2v) is 11.1. The number of anilines is 1. The minimum Gasteiger partial charge on any atom is -0.383 e. The molecule has 1 heterocycles. The summed E-state index contributed by atoms with van der Waals surface area (Å²) in [5.41, 5.74) is 3.97. The van der Waals surface area contributed by atoms with Crippen molar-refractivity contribution in [2.75, 3.05) is 24.7 Å². The number of hydrogen-bond acceptors (Lipinski definition) is 5. The van der Waals surface area contributed by atoms with Crippen LogP contribution in [-0.2, 0) is 21.4 Å². The van der Waals surface area contributed by atoms with Gasteiger partial charge in [-0.1, -0.05) is 58.0 Å². The van der Waals surface area contributed by atoms with Crippen LogP contribution in [0.3, 0.4) is 0 Å². The van der Waals surface area contributed by atoms with Crippen molar-refractivity contribution < 1.29 is 22.1 Å². The topological polar surface area (TPSA) is 84.9 Å². The van der Waals surface area contributed by atoms with Gasteiger partial charge in [-0.05, 0) is 53.5 Å². The fraction of sp³-hybridized carbons (Fsp3) is 0.500. The van der Waals surface area contributed by atoms with Crippen LogP contribution in [0.15, 0.2) is 42.5 Å². The molecule has 34 heavy (non-hydrogen) atoms. The fourth-order valence-electron chi connectivity index (χ4n) is 4.18. The summed E-state index contributed by atoms with van der Waals surface area (Å²) in [7, 11) is -3.59. The highest BCUT2D eigenvalue weighted by Crippen LogP contribution is 2.33. The molecule has 1 aliphatic rings. The van der Waals surface area contributed by atoms with Crippen molar-refractivity contribution in [3.63, 3.8) is 0 Å². The Morgan fingerprint density at radius 3 is 2.21 bits per heavy atom. The van der Waals surface area contributed by atoms with Gasteiger partial charge in [0.15, 0.2) is 0 Å². The number of benzene rings is 2. The SMILES string of the molecule is CC(C)c1cccc(C(C)C)c1NC(=O)N(Cc1ccc(OS(C)(=O)=O)cc1)CC1CCCO1. The van der Waals surface area contributed by atoms with Crippen molar-refractivity contribution in [2.24, 2.45) is 0 Å². The van der Waals surface area contributed by atoms with Gasteiger partial charge < -0.3 is 19.1 Å². The van der Waals surface area contributed by atoms with Crippen LogP contribution in [0.25, 0.3) is 0 Å². The molecule has 1 unspecified atom stereocenters. The van der Waals surface area contributed by atoms with Gasteiger partial charge >= 0.3 is 16.1 Å². The average Bonchev–Trinajstić information content (AvgIpc) is 3.26. The zero-order valence-electron chi connectivity index (χ0n) is 20.7. The van der Waals surface area contributed by atoms with E-state index in [0.29, 0.717) is 19.7 Å². The van der Waals surface area contributed by atoms with Crippen LogP contribution in [0.4, 0.5) is 10.5 Å². The lowest BCUT2D eigenvalue weighted by molar-refractivity contribution is 0.0819. The highest BCUT2D eigenvalue weighted by atomic mass is 32.2. The maximum atomic E-state index is 13.6. The Labute approximate surface area is 203 Å². The summed E-state index contributed by atoms with van der Waals surface area (Å²) in [5, 5.41) is 3.21. The van der Waals surface area contributed by atoms with Crippen LogP contribution in [0.1, 0.15) is 69.1 Å². The molecule has 2 aromatic carbocycles. The third kappa shape index (κ3) is 7.21. The molecule has 0 aliphatic carbocycles. The van der Waals surface area contributed by atoms with E-state index in [1.807, 2.05) is 6.07 Å². The summed E-state index contributed by atoms with van der Waals surface area (Å²) in [6, 6.07) is 12.8. The van der Waals surface area contributed by atoms with Gasteiger partial charge in [0.25, 0.3) is 0 Å². The van der Waals surface area contributed by atoms with Gasteiger partial charge in [0.1, 0.15) is 5.75 Å². The molecule has 1 aliphatic heterocycles. The number of carbonyl (C=O) groups excluding carboxylic acids is 1. The van der Waals surface area contributed by atoms with Crippen LogP contribution in [-0.4, -0.2) is 44.9 Å². The molecule has 7 nitrogen and oxygen atoms in total. The maximum absolute atomic E-state index is 13.6. The summed E-state index contributed by atoms with van der Waals surface area (Å²) < 4.78 is 33.5. The molecule has 186 valence electrons. The van der Waals surface area contributed by atoms with Crippen molar-refractivity contribution in [1.29, 1.82) is 0 Å². The van der Waals surface area contributed by atoms with Crippen molar-refractivity contribution in [3.8, 4) is 5.75 Å². The zero-order valence-corrected chi connectivity index (χ0v) is 21.5. The lowest BCUT2D eigenvalue weighted by atomic mass is 9.93. The molecular formula is C26H36N2O5S. The number of para-hydroxylation sites is 1. The van der Waals surface area contributed by atoms with E-state index >= 15 is 0 Å². The van der Waals surface area contributed by atoms with Gasteiger partial charge in [-0.25, -0.2) is 4.79 Å². The predicted molar refractivity (Wildman–Crippen MR) is 135 cm³/mol. The zero-order chi connectivity index (χ0) is 24.9. The van der Waals surface area contributed by atoms with E-state index in [1.54, 1.807) is 29.2 Å². The molecule has 0 spiro atoms. The normalized spacial score (nSPS) is 16.1. The Bertz CT molecular complexity index is 1050. The average molecular weight is 489 g/mol. The van der Waals surface area contributed by atoms with E-state index in [9.17, 15) is 13.2 Å². The van der Waals surface area contributed by atoms with Gasteiger partial charge in [0, 0.05) is 25.4 Å². The summed E-state index contributed by atoms with van der Waals surface area (Å²) in [6.07, 6.45) is 2.92.